The molecule has 16 heteroatoms. The van der Waals surface area contributed by atoms with E-state index in [0.29, 0.717) is 43.1 Å². The van der Waals surface area contributed by atoms with E-state index in [1.165, 1.54) is 4.90 Å². The largest absolute Gasteiger partial charge is 0.430 e. The van der Waals surface area contributed by atoms with E-state index in [-0.39, 0.29) is 41.1 Å². The lowest BCUT2D eigenvalue weighted by atomic mass is 9.89. The van der Waals surface area contributed by atoms with Gasteiger partial charge in [0, 0.05) is 35.8 Å². The summed E-state index contributed by atoms with van der Waals surface area (Å²) in [7, 11) is 0. The molecule has 1 atom stereocenters. The topological polar surface area (TPSA) is 103 Å². The highest BCUT2D eigenvalue weighted by molar-refractivity contribution is 7.17. The Morgan fingerprint density at radius 1 is 1.18 bits per heavy atom. The highest BCUT2D eigenvalue weighted by atomic mass is 32.1. The molecular formula is C24H23F8N3O4S. The number of carbonyl (C=O) groups excluding carboxylic acids is 2. The van der Waals surface area contributed by atoms with Crippen molar-refractivity contribution >= 4 is 23.2 Å². The molecule has 0 unspecified atom stereocenters. The van der Waals surface area contributed by atoms with E-state index in [4.69, 9.17) is 0 Å². The molecule has 40 heavy (non-hydrogen) atoms. The fourth-order valence-corrected chi connectivity index (χ4v) is 5.44. The van der Waals surface area contributed by atoms with Gasteiger partial charge in [-0.2, -0.15) is 26.3 Å². The van der Waals surface area contributed by atoms with Crippen LogP contribution in [0.2, 0.25) is 0 Å². The van der Waals surface area contributed by atoms with Crippen LogP contribution in [0.25, 0.3) is 10.4 Å². The Bertz CT molecular complexity index is 1290. The summed E-state index contributed by atoms with van der Waals surface area (Å²) >= 11 is 0.443. The predicted molar refractivity (Wildman–Crippen MR) is 125 cm³/mol. The Kier molecular flexibility index (Phi) is 7.68. The highest BCUT2D eigenvalue weighted by Gasteiger charge is 2.71. The number of hydrogen-bond acceptors (Lipinski definition) is 6. The molecule has 2 aliphatic rings. The summed E-state index contributed by atoms with van der Waals surface area (Å²) < 4.78 is 109. The number of aromatic nitrogens is 1. The SMILES string of the molecule is C[C@H]1CCCN1C(=O)c1nc(C(=O)NCC2(O)CC2)sc1-c1ccc(C(O)(C(F)(F)F)C(F)(F)F)cc1C(F)F. The van der Waals surface area contributed by atoms with Crippen LogP contribution in [0, 0.1) is 0 Å². The van der Waals surface area contributed by atoms with Crippen LogP contribution < -0.4 is 5.32 Å². The van der Waals surface area contributed by atoms with Crippen LogP contribution in [0.3, 0.4) is 0 Å². The zero-order valence-electron chi connectivity index (χ0n) is 20.7. The fraction of sp³-hybridized carbons (Fsp3) is 0.542. The molecule has 0 radical (unpaired) electrons. The molecule has 2 amide bonds. The van der Waals surface area contributed by atoms with Gasteiger partial charge in [0.05, 0.1) is 10.5 Å². The number of halogens is 8. The normalized spacial score (nSPS) is 19.3. The van der Waals surface area contributed by atoms with Crippen molar-refractivity contribution < 1.29 is 54.9 Å². The molecule has 2 heterocycles. The Hall–Kier alpha value is -2.85. The smallest absolute Gasteiger partial charge is 0.388 e. The lowest BCUT2D eigenvalue weighted by Gasteiger charge is -2.33. The molecule has 1 saturated carbocycles. The van der Waals surface area contributed by atoms with Gasteiger partial charge in [-0.15, -0.1) is 11.3 Å². The number of rotatable bonds is 7. The van der Waals surface area contributed by atoms with Crippen LogP contribution in [0.1, 0.15) is 70.4 Å². The van der Waals surface area contributed by atoms with Crippen molar-refractivity contribution in [1.82, 2.24) is 15.2 Å². The van der Waals surface area contributed by atoms with Gasteiger partial charge in [0.1, 0.15) is 5.69 Å². The van der Waals surface area contributed by atoms with Gasteiger partial charge in [-0.1, -0.05) is 12.1 Å². The minimum Gasteiger partial charge on any atom is -0.388 e. The van der Waals surface area contributed by atoms with Gasteiger partial charge in [0.25, 0.3) is 23.8 Å². The standard InChI is InChI=1S/C24H23F8N3O4S/c1-11-3-2-8-35(11)20(37)15-16(40-19(34-15)18(36)33-10-21(38)6-7-21)13-5-4-12(9-14(13)17(25)26)22(39,23(27,28)29)24(30,31)32/h4-5,9,11,17,38-39H,2-3,6-8,10H2,1H3,(H,33,36)/t11-/m0/s1. The van der Waals surface area contributed by atoms with E-state index >= 15 is 0 Å². The summed E-state index contributed by atoms with van der Waals surface area (Å²) in [5.41, 5.74) is -10.9. The van der Waals surface area contributed by atoms with Crippen molar-refractivity contribution in [1.29, 1.82) is 0 Å². The lowest BCUT2D eigenvalue weighted by molar-refractivity contribution is -0.376. The van der Waals surface area contributed by atoms with Crippen molar-refractivity contribution in [2.24, 2.45) is 0 Å². The second kappa shape index (κ2) is 10.2. The number of nitrogens with one attached hydrogen (secondary N) is 1. The zero-order valence-corrected chi connectivity index (χ0v) is 21.5. The first kappa shape index (κ1) is 30.1. The van der Waals surface area contributed by atoms with Crippen molar-refractivity contribution in [3.63, 3.8) is 0 Å². The number of alkyl halides is 8. The minimum absolute atomic E-state index is 0.115. The molecule has 0 spiro atoms. The highest BCUT2D eigenvalue weighted by Crippen LogP contribution is 2.51. The molecule has 4 rings (SSSR count). The molecule has 1 aliphatic carbocycles. The second-order valence-electron chi connectivity index (χ2n) is 9.90. The third-order valence-electron chi connectivity index (χ3n) is 7.01. The van der Waals surface area contributed by atoms with Gasteiger partial charge in [-0.25, -0.2) is 13.8 Å². The van der Waals surface area contributed by atoms with E-state index in [0.717, 1.165) is 0 Å². The summed E-state index contributed by atoms with van der Waals surface area (Å²) in [6.07, 6.45) is -14.2. The maximum Gasteiger partial charge on any atom is 0.430 e. The van der Waals surface area contributed by atoms with E-state index in [1.54, 1.807) is 6.92 Å². The summed E-state index contributed by atoms with van der Waals surface area (Å²) in [4.78, 5) is 31.1. The summed E-state index contributed by atoms with van der Waals surface area (Å²) in [6, 6.07) is 0.298. The molecule has 1 aromatic heterocycles. The monoisotopic (exact) mass is 601 g/mol. The first-order valence-electron chi connectivity index (χ1n) is 12.0. The number of thiazole rings is 1. The van der Waals surface area contributed by atoms with Crippen molar-refractivity contribution in [3.8, 4) is 10.4 Å². The number of benzene rings is 1. The number of nitrogens with zero attached hydrogens (tertiary/aromatic N) is 2. The number of aliphatic hydroxyl groups is 2. The van der Waals surface area contributed by atoms with Crippen LogP contribution >= 0.6 is 11.3 Å². The Labute approximate surface area is 225 Å². The molecule has 2 fully saturated rings. The maximum absolute atomic E-state index is 14.1. The van der Waals surface area contributed by atoms with Crippen LogP contribution in [-0.2, 0) is 5.60 Å². The van der Waals surface area contributed by atoms with E-state index in [2.05, 4.69) is 10.3 Å². The van der Waals surface area contributed by atoms with Gasteiger partial charge in [-0.05, 0) is 38.7 Å². The zero-order chi connectivity index (χ0) is 29.8. The average Bonchev–Trinajstić information content (AvgIpc) is 3.24. The summed E-state index contributed by atoms with van der Waals surface area (Å²) in [5, 5.41) is 21.7. The minimum atomic E-state index is -6.31. The van der Waals surface area contributed by atoms with E-state index in [9.17, 15) is 54.9 Å². The molecule has 7 nitrogen and oxygen atoms in total. The fourth-order valence-electron chi connectivity index (χ4n) is 4.42. The van der Waals surface area contributed by atoms with Crippen molar-refractivity contribution in [2.75, 3.05) is 13.1 Å². The number of likely N-dealkylation sites (tertiary alicyclic amines) is 1. The third kappa shape index (κ3) is 5.40. The Morgan fingerprint density at radius 2 is 1.80 bits per heavy atom. The van der Waals surface area contributed by atoms with Crippen molar-refractivity contribution in [3.05, 3.63) is 40.0 Å². The Balaban J connectivity index is 1.84. The van der Waals surface area contributed by atoms with Crippen LogP contribution in [0.15, 0.2) is 18.2 Å². The van der Waals surface area contributed by atoms with Crippen LogP contribution in [0.5, 0.6) is 0 Å². The van der Waals surface area contributed by atoms with E-state index < -0.39 is 64.2 Å². The van der Waals surface area contributed by atoms with E-state index in [1.807, 2.05) is 0 Å². The molecule has 1 saturated heterocycles. The molecule has 0 bridgehead atoms. The average molecular weight is 602 g/mol. The van der Waals surface area contributed by atoms with Gasteiger partial charge in [0.15, 0.2) is 5.01 Å². The summed E-state index contributed by atoms with van der Waals surface area (Å²) in [5.74, 6) is -1.62. The van der Waals surface area contributed by atoms with Gasteiger partial charge >= 0.3 is 12.4 Å². The molecule has 2 aromatic rings. The van der Waals surface area contributed by atoms with Gasteiger partial charge in [-0.3, -0.25) is 9.59 Å². The van der Waals surface area contributed by atoms with Crippen LogP contribution in [0.4, 0.5) is 35.1 Å². The lowest BCUT2D eigenvalue weighted by Crippen LogP contribution is -2.54. The number of carbonyl (C=O) groups is 2. The first-order chi connectivity index (χ1) is 18.4. The molecule has 1 aromatic carbocycles. The van der Waals surface area contributed by atoms with Gasteiger partial charge in [0.2, 0.25) is 0 Å². The molecule has 220 valence electrons. The number of amides is 2. The first-order valence-corrected chi connectivity index (χ1v) is 12.8. The van der Waals surface area contributed by atoms with Crippen molar-refractivity contribution in [2.45, 2.75) is 68.6 Å². The predicted octanol–water partition coefficient (Wildman–Crippen LogP) is 4.94. The Morgan fingerprint density at radius 3 is 2.30 bits per heavy atom. The quantitative estimate of drug-likeness (QED) is 0.391. The second-order valence-corrected chi connectivity index (χ2v) is 10.9. The van der Waals surface area contributed by atoms with Gasteiger partial charge < -0.3 is 20.4 Å². The third-order valence-corrected chi connectivity index (χ3v) is 8.10. The molecule has 1 aliphatic heterocycles. The molecule has 3 N–H and O–H groups in total. The van der Waals surface area contributed by atoms with Crippen LogP contribution in [-0.4, -0.2) is 69.0 Å². The number of hydrogen-bond donors (Lipinski definition) is 3. The maximum atomic E-state index is 14.1. The summed E-state index contributed by atoms with van der Waals surface area (Å²) in [6.45, 7) is 1.84. The molecular weight excluding hydrogens is 578 g/mol.